The zero-order valence-corrected chi connectivity index (χ0v) is 19.0. The van der Waals surface area contributed by atoms with Crippen LogP contribution in [0.5, 0.6) is 11.5 Å². The monoisotopic (exact) mass is 478 g/mol. The molecule has 31 heavy (non-hydrogen) atoms. The van der Waals surface area contributed by atoms with Gasteiger partial charge in [-0.3, -0.25) is 5.01 Å². The van der Waals surface area contributed by atoms with Crippen molar-refractivity contribution in [2.75, 3.05) is 33.3 Å². The average Bonchev–Trinajstić information content (AvgIpc) is 3.14. The van der Waals surface area contributed by atoms with E-state index in [1.807, 2.05) is 12.3 Å². The summed E-state index contributed by atoms with van der Waals surface area (Å²) in [5, 5.41) is 16.8. The molecule has 0 aromatic heterocycles. The van der Waals surface area contributed by atoms with Gasteiger partial charge in [-0.15, -0.1) is 0 Å². The average molecular weight is 479 g/mol. The number of benzene rings is 3. The third-order valence-electron chi connectivity index (χ3n) is 6.26. The van der Waals surface area contributed by atoms with Gasteiger partial charge in [0.1, 0.15) is 6.04 Å². The van der Waals surface area contributed by atoms with Crippen molar-refractivity contribution in [3.05, 3.63) is 81.8 Å². The minimum Gasteiger partial charge on any atom is -0.503 e. The van der Waals surface area contributed by atoms with E-state index in [-0.39, 0.29) is 5.75 Å². The highest BCUT2D eigenvalue weighted by Gasteiger charge is 2.37. The summed E-state index contributed by atoms with van der Waals surface area (Å²) in [4.78, 5) is 1.60. The molecular weight excluding hydrogens is 454 g/mol. The number of quaternary nitrogens is 1. The summed E-state index contributed by atoms with van der Waals surface area (Å²) in [6.45, 7) is 3.88. The van der Waals surface area contributed by atoms with Crippen molar-refractivity contribution in [2.45, 2.75) is 6.04 Å². The zero-order valence-electron chi connectivity index (χ0n) is 17.4. The number of piperazine rings is 1. The quantitative estimate of drug-likeness (QED) is 0.564. The Morgan fingerprint density at radius 3 is 2.26 bits per heavy atom. The smallest absolute Gasteiger partial charge is 0.172 e. The van der Waals surface area contributed by atoms with E-state index in [0.29, 0.717) is 16.3 Å². The van der Waals surface area contributed by atoms with E-state index in [2.05, 4.69) is 74.6 Å². The number of phenolic OH excluding ortho intramolecular Hbond substituents is 1. The first-order chi connectivity index (χ1) is 15.2. The van der Waals surface area contributed by atoms with E-state index < -0.39 is 0 Å². The van der Waals surface area contributed by atoms with Crippen molar-refractivity contribution in [1.82, 2.24) is 5.01 Å². The summed E-state index contributed by atoms with van der Waals surface area (Å²) in [6.07, 6.45) is 1.83. The van der Waals surface area contributed by atoms with Crippen LogP contribution in [0.25, 0.3) is 11.1 Å². The molecule has 0 spiro atoms. The second-order valence-corrected chi connectivity index (χ2v) is 8.87. The van der Waals surface area contributed by atoms with Gasteiger partial charge in [-0.2, -0.15) is 5.10 Å². The molecule has 0 unspecified atom stereocenters. The molecule has 1 fully saturated rings. The van der Waals surface area contributed by atoms with Gasteiger partial charge in [0.05, 0.1) is 44.0 Å². The molecule has 2 aliphatic rings. The summed E-state index contributed by atoms with van der Waals surface area (Å²) in [6, 6.07) is 21.7. The second-order valence-electron chi connectivity index (χ2n) is 8.02. The standard InChI is InChI=1S/C25H24BrN3O2/c1-31-23-15-17(14-22(26)25(23)30)16-27-29-12-10-28(11-13-29)24-20-8-4-2-6-18(20)19-7-3-5-9-21(19)24/h2-9,14-16,24,30H,10-13H2,1H3/p+1/b27-16+. The highest BCUT2D eigenvalue weighted by molar-refractivity contribution is 9.10. The molecule has 0 saturated carbocycles. The minimum atomic E-state index is 0.106. The number of fused-ring (bicyclic) bond motifs is 3. The lowest BCUT2D eigenvalue weighted by atomic mass is 10.0. The van der Waals surface area contributed by atoms with Crippen molar-refractivity contribution in [3.63, 3.8) is 0 Å². The summed E-state index contributed by atoms with van der Waals surface area (Å²) in [5.74, 6) is 0.539. The van der Waals surface area contributed by atoms with E-state index in [1.54, 1.807) is 18.1 Å². The third kappa shape index (κ3) is 3.70. The molecule has 5 rings (SSSR count). The Hall–Kier alpha value is -2.83. The number of phenols is 1. The van der Waals surface area contributed by atoms with Crippen molar-refractivity contribution in [3.8, 4) is 22.6 Å². The first kappa shape index (κ1) is 20.1. The molecule has 0 amide bonds. The van der Waals surface area contributed by atoms with Gasteiger partial charge in [0.2, 0.25) is 0 Å². The molecule has 2 N–H and O–H groups in total. The van der Waals surface area contributed by atoms with Crippen LogP contribution in [0.1, 0.15) is 22.7 Å². The first-order valence-corrected chi connectivity index (χ1v) is 11.3. The van der Waals surface area contributed by atoms with Gasteiger partial charge in [-0.05, 0) is 44.8 Å². The van der Waals surface area contributed by atoms with Crippen LogP contribution in [-0.4, -0.2) is 49.6 Å². The van der Waals surface area contributed by atoms with Crippen LogP contribution in [0.15, 0.2) is 70.2 Å². The van der Waals surface area contributed by atoms with Crippen molar-refractivity contribution < 1.29 is 14.7 Å². The molecule has 1 aliphatic heterocycles. The molecule has 1 heterocycles. The van der Waals surface area contributed by atoms with E-state index in [4.69, 9.17) is 4.74 Å². The van der Waals surface area contributed by atoms with E-state index in [1.165, 1.54) is 22.3 Å². The largest absolute Gasteiger partial charge is 0.503 e. The number of hydrogen-bond acceptors (Lipinski definition) is 4. The minimum absolute atomic E-state index is 0.106. The lowest BCUT2D eigenvalue weighted by Crippen LogP contribution is -3.14. The van der Waals surface area contributed by atoms with Gasteiger partial charge >= 0.3 is 0 Å². The molecule has 5 nitrogen and oxygen atoms in total. The molecular formula is C25H25BrN3O2+. The molecule has 0 atom stereocenters. The summed E-state index contributed by atoms with van der Waals surface area (Å²) in [5.41, 5.74) is 6.52. The number of rotatable bonds is 4. The maximum absolute atomic E-state index is 9.98. The Morgan fingerprint density at radius 2 is 1.65 bits per heavy atom. The molecule has 1 saturated heterocycles. The van der Waals surface area contributed by atoms with Crippen molar-refractivity contribution in [1.29, 1.82) is 0 Å². The van der Waals surface area contributed by atoms with Crippen molar-refractivity contribution in [2.24, 2.45) is 5.10 Å². The number of aromatic hydroxyl groups is 1. The van der Waals surface area contributed by atoms with Crippen LogP contribution in [0.2, 0.25) is 0 Å². The molecule has 3 aromatic rings. The molecule has 158 valence electrons. The van der Waals surface area contributed by atoms with Gasteiger partial charge < -0.3 is 14.7 Å². The molecule has 1 aliphatic carbocycles. The molecule has 3 aromatic carbocycles. The Balaban J connectivity index is 1.30. The van der Waals surface area contributed by atoms with Crippen molar-refractivity contribution >= 4 is 22.1 Å². The van der Waals surface area contributed by atoms with Gasteiger partial charge in [-0.25, -0.2) is 0 Å². The highest BCUT2D eigenvalue weighted by atomic mass is 79.9. The number of nitrogens with one attached hydrogen (secondary N) is 1. The second kappa shape index (κ2) is 8.36. The van der Waals surface area contributed by atoms with Gasteiger partial charge in [0.25, 0.3) is 0 Å². The SMILES string of the molecule is COc1cc(/C=N/N2CC[NH+](C3c4ccccc4-c4ccccc43)CC2)cc(Br)c1O. The molecule has 0 radical (unpaired) electrons. The van der Waals surface area contributed by atoms with Gasteiger partial charge in [0.15, 0.2) is 11.5 Å². The van der Waals surface area contributed by atoms with E-state index in [0.717, 1.165) is 31.7 Å². The fourth-order valence-corrected chi connectivity index (χ4v) is 5.21. The maximum Gasteiger partial charge on any atom is 0.172 e. The predicted molar refractivity (Wildman–Crippen MR) is 126 cm³/mol. The van der Waals surface area contributed by atoms with Crippen LogP contribution >= 0.6 is 15.9 Å². The van der Waals surface area contributed by atoms with Crippen LogP contribution in [0, 0.1) is 0 Å². The first-order valence-electron chi connectivity index (χ1n) is 10.5. The Labute approximate surface area is 190 Å². The number of hydrazone groups is 1. The van der Waals surface area contributed by atoms with Crippen LogP contribution < -0.4 is 9.64 Å². The fraction of sp³-hybridized carbons (Fsp3) is 0.240. The number of ether oxygens (including phenoxy) is 1. The Bertz CT molecular complexity index is 1090. The Kier molecular flexibility index (Phi) is 5.42. The van der Waals surface area contributed by atoms with Crippen LogP contribution in [0.4, 0.5) is 0 Å². The number of halogens is 1. The number of hydrogen-bond donors (Lipinski definition) is 2. The number of nitrogens with zero attached hydrogens (tertiary/aromatic N) is 2. The topological polar surface area (TPSA) is 49.5 Å². The van der Waals surface area contributed by atoms with Gasteiger partial charge in [-0.1, -0.05) is 48.5 Å². The number of methoxy groups -OCH3 is 1. The van der Waals surface area contributed by atoms with Crippen LogP contribution in [-0.2, 0) is 0 Å². The van der Waals surface area contributed by atoms with E-state index in [9.17, 15) is 5.11 Å². The summed E-state index contributed by atoms with van der Waals surface area (Å²) < 4.78 is 5.83. The lowest BCUT2D eigenvalue weighted by molar-refractivity contribution is -0.929. The predicted octanol–water partition coefficient (Wildman–Crippen LogP) is 3.47. The van der Waals surface area contributed by atoms with Gasteiger partial charge in [0, 0.05) is 11.1 Å². The summed E-state index contributed by atoms with van der Waals surface area (Å²) >= 11 is 3.37. The van der Waals surface area contributed by atoms with E-state index >= 15 is 0 Å². The third-order valence-corrected chi connectivity index (χ3v) is 6.87. The fourth-order valence-electron chi connectivity index (χ4n) is 4.75. The zero-order chi connectivity index (χ0) is 21.4. The lowest BCUT2D eigenvalue weighted by Gasteiger charge is -2.34. The Morgan fingerprint density at radius 1 is 1.03 bits per heavy atom. The highest BCUT2D eigenvalue weighted by Crippen LogP contribution is 2.41. The summed E-state index contributed by atoms with van der Waals surface area (Å²) in [7, 11) is 1.55. The van der Waals surface area contributed by atoms with Crippen LogP contribution in [0.3, 0.4) is 0 Å². The normalized spacial score (nSPS) is 16.5. The molecule has 6 heteroatoms. The molecule has 0 bridgehead atoms. The maximum atomic E-state index is 9.98.